The summed E-state index contributed by atoms with van der Waals surface area (Å²) < 4.78 is 16.7. The SMILES string of the molecule is CC/C=C\C/C=C\C/C=C\C/C=C\C/C=C\CCCC(=O)OC(COC(=O)CCCCCCCCC)COC(=O)CCCCCCCCCCCCCCCCCCCCCCC. The van der Waals surface area contributed by atoms with Crippen molar-refractivity contribution >= 4 is 17.9 Å². The van der Waals surface area contributed by atoms with Crippen molar-refractivity contribution in [2.75, 3.05) is 13.2 Å². The van der Waals surface area contributed by atoms with Gasteiger partial charge in [0.2, 0.25) is 0 Å². The van der Waals surface area contributed by atoms with E-state index in [9.17, 15) is 14.4 Å². The predicted octanol–water partition coefficient (Wildman–Crippen LogP) is 17.6. The summed E-state index contributed by atoms with van der Waals surface area (Å²) in [6.07, 6.45) is 63.8. The maximum atomic E-state index is 12.7. The summed E-state index contributed by atoms with van der Waals surface area (Å²) in [6, 6.07) is 0. The lowest BCUT2D eigenvalue weighted by atomic mass is 10.0. The van der Waals surface area contributed by atoms with Gasteiger partial charge in [-0.25, -0.2) is 0 Å². The molecule has 0 spiro atoms. The molecule has 364 valence electrons. The standard InChI is InChI=1S/C57H100O6/c1-4-7-10-13-16-18-20-22-24-26-27-28-29-31-32-34-36-38-41-44-47-50-56(59)62-53-54(52-61-55(58)49-46-43-40-15-12-9-6-3)63-57(60)51-48-45-42-39-37-35-33-30-25-23-21-19-17-14-11-8-5-2/h8,11,17,19,23,25,33,35,39,42,54H,4-7,9-10,12-16,18,20-22,24,26-32,34,36-38,40-41,43-53H2,1-3H3/b11-8-,19-17-,25-23-,35-33-,42-39-. The minimum absolute atomic E-state index is 0.0939. The number of allylic oxidation sites excluding steroid dienone is 10. The number of unbranched alkanes of at least 4 members (excludes halogenated alkanes) is 27. The Morgan fingerprint density at radius 2 is 0.619 bits per heavy atom. The van der Waals surface area contributed by atoms with Gasteiger partial charge in [-0.15, -0.1) is 0 Å². The monoisotopic (exact) mass is 881 g/mol. The highest BCUT2D eigenvalue weighted by atomic mass is 16.6. The summed E-state index contributed by atoms with van der Waals surface area (Å²) in [5.41, 5.74) is 0. The van der Waals surface area contributed by atoms with Crippen LogP contribution in [0.25, 0.3) is 0 Å². The fourth-order valence-corrected chi connectivity index (χ4v) is 7.54. The van der Waals surface area contributed by atoms with Crippen LogP contribution in [0.5, 0.6) is 0 Å². The van der Waals surface area contributed by atoms with Gasteiger partial charge in [0.15, 0.2) is 6.10 Å². The molecule has 6 nitrogen and oxygen atoms in total. The van der Waals surface area contributed by atoms with Crippen LogP contribution in [-0.2, 0) is 28.6 Å². The van der Waals surface area contributed by atoms with E-state index in [2.05, 4.69) is 81.5 Å². The van der Waals surface area contributed by atoms with E-state index in [0.29, 0.717) is 19.3 Å². The minimum atomic E-state index is -0.798. The lowest BCUT2D eigenvalue weighted by Crippen LogP contribution is -2.30. The maximum absolute atomic E-state index is 12.7. The number of ether oxygens (including phenoxy) is 3. The molecule has 1 unspecified atom stereocenters. The van der Waals surface area contributed by atoms with Crippen LogP contribution in [0.4, 0.5) is 0 Å². The molecule has 0 aliphatic heterocycles. The molecular weight excluding hydrogens is 781 g/mol. The van der Waals surface area contributed by atoms with E-state index in [0.717, 1.165) is 77.0 Å². The molecule has 0 rings (SSSR count). The third kappa shape index (κ3) is 50.0. The Kier molecular flexibility index (Phi) is 49.4. The van der Waals surface area contributed by atoms with E-state index in [1.165, 1.54) is 141 Å². The molecule has 0 saturated carbocycles. The van der Waals surface area contributed by atoms with Gasteiger partial charge in [0.05, 0.1) is 0 Å². The predicted molar refractivity (Wildman–Crippen MR) is 270 cm³/mol. The number of rotatable bonds is 48. The Balaban J connectivity index is 4.26. The van der Waals surface area contributed by atoms with Crippen molar-refractivity contribution < 1.29 is 28.6 Å². The fraction of sp³-hybridized carbons (Fsp3) is 0.772. The number of hydrogen-bond acceptors (Lipinski definition) is 6. The molecular formula is C57H100O6. The zero-order valence-electron chi connectivity index (χ0n) is 41.6. The van der Waals surface area contributed by atoms with Crippen LogP contribution in [0.3, 0.4) is 0 Å². The minimum Gasteiger partial charge on any atom is -0.462 e. The van der Waals surface area contributed by atoms with Crippen LogP contribution in [0.1, 0.15) is 265 Å². The number of esters is 3. The van der Waals surface area contributed by atoms with Crippen LogP contribution in [-0.4, -0.2) is 37.2 Å². The second kappa shape index (κ2) is 51.7. The van der Waals surface area contributed by atoms with Crippen molar-refractivity contribution in [3.8, 4) is 0 Å². The Morgan fingerprint density at radius 3 is 0.952 bits per heavy atom. The van der Waals surface area contributed by atoms with E-state index in [4.69, 9.17) is 14.2 Å². The van der Waals surface area contributed by atoms with Gasteiger partial charge in [-0.05, 0) is 57.8 Å². The van der Waals surface area contributed by atoms with E-state index in [1.807, 2.05) is 0 Å². The van der Waals surface area contributed by atoms with Crippen LogP contribution in [0.2, 0.25) is 0 Å². The first-order valence-corrected chi connectivity index (χ1v) is 26.8. The Labute approximate surface area is 390 Å². The smallest absolute Gasteiger partial charge is 0.306 e. The van der Waals surface area contributed by atoms with Crippen molar-refractivity contribution in [1.29, 1.82) is 0 Å². The summed E-state index contributed by atoms with van der Waals surface area (Å²) in [5.74, 6) is -0.952. The Hall–Kier alpha value is -2.89. The highest BCUT2D eigenvalue weighted by molar-refractivity contribution is 5.71. The molecule has 0 aliphatic rings. The summed E-state index contributed by atoms with van der Waals surface area (Å²) in [7, 11) is 0. The highest BCUT2D eigenvalue weighted by Gasteiger charge is 2.19. The van der Waals surface area contributed by atoms with Crippen LogP contribution >= 0.6 is 0 Å². The van der Waals surface area contributed by atoms with Crippen molar-refractivity contribution in [2.24, 2.45) is 0 Å². The highest BCUT2D eigenvalue weighted by Crippen LogP contribution is 2.16. The molecule has 0 fully saturated rings. The number of hydrogen-bond donors (Lipinski definition) is 0. The molecule has 0 radical (unpaired) electrons. The van der Waals surface area contributed by atoms with Crippen molar-refractivity contribution in [3.05, 3.63) is 60.8 Å². The number of carbonyl (C=O) groups excluding carboxylic acids is 3. The topological polar surface area (TPSA) is 78.9 Å². The molecule has 0 aromatic carbocycles. The zero-order valence-corrected chi connectivity index (χ0v) is 41.6. The van der Waals surface area contributed by atoms with Crippen molar-refractivity contribution in [1.82, 2.24) is 0 Å². The first-order chi connectivity index (χ1) is 31.0. The maximum Gasteiger partial charge on any atom is 0.306 e. The molecule has 0 heterocycles. The lowest BCUT2D eigenvalue weighted by molar-refractivity contribution is -0.167. The van der Waals surface area contributed by atoms with Gasteiger partial charge in [0, 0.05) is 19.3 Å². The molecule has 0 saturated heterocycles. The Bertz CT molecular complexity index is 1150. The molecule has 0 amide bonds. The first-order valence-electron chi connectivity index (χ1n) is 26.8. The van der Waals surface area contributed by atoms with Gasteiger partial charge >= 0.3 is 17.9 Å². The van der Waals surface area contributed by atoms with Gasteiger partial charge in [-0.1, -0.05) is 248 Å². The third-order valence-corrected chi connectivity index (χ3v) is 11.5. The molecule has 0 aliphatic carbocycles. The molecule has 0 N–H and O–H groups in total. The van der Waals surface area contributed by atoms with Crippen molar-refractivity contribution in [3.63, 3.8) is 0 Å². The molecule has 0 aromatic heterocycles. The molecule has 63 heavy (non-hydrogen) atoms. The molecule has 6 heteroatoms. The molecule has 0 aromatic rings. The average Bonchev–Trinajstić information content (AvgIpc) is 3.28. The van der Waals surface area contributed by atoms with E-state index in [1.54, 1.807) is 0 Å². The average molecular weight is 881 g/mol. The first kappa shape index (κ1) is 60.1. The van der Waals surface area contributed by atoms with Crippen LogP contribution in [0.15, 0.2) is 60.8 Å². The summed E-state index contributed by atoms with van der Waals surface area (Å²) in [5, 5.41) is 0. The van der Waals surface area contributed by atoms with Gasteiger partial charge in [0.1, 0.15) is 13.2 Å². The summed E-state index contributed by atoms with van der Waals surface area (Å²) >= 11 is 0. The van der Waals surface area contributed by atoms with Gasteiger partial charge < -0.3 is 14.2 Å². The van der Waals surface area contributed by atoms with Gasteiger partial charge in [-0.2, -0.15) is 0 Å². The van der Waals surface area contributed by atoms with E-state index < -0.39 is 6.10 Å². The van der Waals surface area contributed by atoms with E-state index >= 15 is 0 Å². The second-order valence-electron chi connectivity index (χ2n) is 17.8. The van der Waals surface area contributed by atoms with Gasteiger partial charge in [0.25, 0.3) is 0 Å². The van der Waals surface area contributed by atoms with Crippen LogP contribution < -0.4 is 0 Å². The zero-order chi connectivity index (χ0) is 45.8. The molecule has 1 atom stereocenters. The number of carbonyl (C=O) groups is 3. The summed E-state index contributed by atoms with van der Waals surface area (Å²) in [6.45, 7) is 6.45. The second-order valence-corrected chi connectivity index (χ2v) is 17.8. The largest absolute Gasteiger partial charge is 0.462 e. The fourth-order valence-electron chi connectivity index (χ4n) is 7.54. The van der Waals surface area contributed by atoms with Crippen LogP contribution in [0, 0.1) is 0 Å². The lowest BCUT2D eigenvalue weighted by Gasteiger charge is -2.18. The Morgan fingerprint density at radius 1 is 0.333 bits per heavy atom. The third-order valence-electron chi connectivity index (χ3n) is 11.5. The van der Waals surface area contributed by atoms with E-state index in [-0.39, 0.29) is 37.5 Å². The quantitative estimate of drug-likeness (QED) is 0.0262. The normalized spacial score (nSPS) is 12.5. The van der Waals surface area contributed by atoms with Crippen molar-refractivity contribution in [2.45, 2.75) is 271 Å². The van der Waals surface area contributed by atoms with Gasteiger partial charge in [-0.3, -0.25) is 14.4 Å². The summed E-state index contributed by atoms with van der Waals surface area (Å²) in [4.78, 5) is 37.8. The molecule has 0 bridgehead atoms.